The molecule has 0 saturated heterocycles. The topological polar surface area (TPSA) is 73.6 Å². The third kappa shape index (κ3) is 3.56. The molecule has 0 unspecified atom stereocenters. The van der Waals surface area contributed by atoms with Gasteiger partial charge in [0.2, 0.25) is 0 Å². The van der Waals surface area contributed by atoms with Crippen molar-refractivity contribution in [3.8, 4) is 22.4 Å². The molecule has 7 heteroatoms. The van der Waals surface area contributed by atoms with Gasteiger partial charge in [-0.1, -0.05) is 41.9 Å². The number of halogens is 1. The van der Waals surface area contributed by atoms with Crippen LogP contribution in [0, 0.1) is 0 Å². The van der Waals surface area contributed by atoms with Crippen LogP contribution in [0.4, 0.5) is 5.82 Å². The van der Waals surface area contributed by atoms with E-state index in [0.717, 1.165) is 31.9 Å². The first kappa shape index (κ1) is 16.6. The summed E-state index contributed by atoms with van der Waals surface area (Å²) in [5, 5.41) is 10.6. The number of thiophene rings is 1. The SMILES string of the molecule is O=c1[nH]cc(-c2cc(NCc3ccc(Cl)s3)[nH]n2)cc1-c1ccccc1. The van der Waals surface area contributed by atoms with Crippen molar-refractivity contribution >= 4 is 28.8 Å². The zero-order valence-corrected chi connectivity index (χ0v) is 15.2. The summed E-state index contributed by atoms with van der Waals surface area (Å²) in [5.41, 5.74) is 2.97. The van der Waals surface area contributed by atoms with Crippen LogP contribution in [0.25, 0.3) is 22.4 Å². The minimum atomic E-state index is -0.122. The smallest absolute Gasteiger partial charge is 0.255 e. The lowest BCUT2D eigenvalue weighted by molar-refractivity contribution is 1.06. The summed E-state index contributed by atoms with van der Waals surface area (Å²) < 4.78 is 0.772. The molecule has 0 aliphatic carbocycles. The fourth-order valence-corrected chi connectivity index (χ4v) is 3.68. The molecule has 130 valence electrons. The molecule has 0 aliphatic heterocycles. The monoisotopic (exact) mass is 382 g/mol. The quantitative estimate of drug-likeness (QED) is 0.466. The van der Waals surface area contributed by atoms with E-state index in [1.807, 2.05) is 54.6 Å². The second-order valence-corrected chi connectivity index (χ2v) is 7.52. The Bertz CT molecular complexity index is 1080. The van der Waals surface area contributed by atoms with Crippen molar-refractivity contribution in [2.45, 2.75) is 6.54 Å². The molecule has 0 bridgehead atoms. The van der Waals surface area contributed by atoms with Crippen molar-refractivity contribution in [3.63, 3.8) is 0 Å². The molecule has 0 aliphatic rings. The van der Waals surface area contributed by atoms with Crippen LogP contribution in [0.2, 0.25) is 4.34 Å². The Kier molecular flexibility index (Phi) is 4.60. The van der Waals surface area contributed by atoms with Crippen LogP contribution in [0.5, 0.6) is 0 Å². The molecule has 1 aromatic carbocycles. The van der Waals surface area contributed by atoms with E-state index in [2.05, 4.69) is 20.5 Å². The van der Waals surface area contributed by atoms with Gasteiger partial charge >= 0.3 is 0 Å². The van der Waals surface area contributed by atoms with Crippen molar-refractivity contribution in [2.24, 2.45) is 0 Å². The van der Waals surface area contributed by atoms with Crippen LogP contribution in [-0.2, 0) is 6.54 Å². The van der Waals surface area contributed by atoms with Crippen LogP contribution in [0.3, 0.4) is 0 Å². The first-order valence-electron chi connectivity index (χ1n) is 8.01. The summed E-state index contributed by atoms with van der Waals surface area (Å²) in [6.45, 7) is 0.667. The number of H-pyrrole nitrogens is 2. The first-order chi connectivity index (χ1) is 12.7. The van der Waals surface area contributed by atoms with Gasteiger partial charge in [-0.3, -0.25) is 9.89 Å². The number of aromatic amines is 2. The second kappa shape index (κ2) is 7.19. The molecule has 0 atom stereocenters. The van der Waals surface area contributed by atoms with Gasteiger partial charge in [-0.25, -0.2) is 0 Å². The van der Waals surface area contributed by atoms with Gasteiger partial charge in [-0.15, -0.1) is 11.3 Å². The van der Waals surface area contributed by atoms with E-state index in [-0.39, 0.29) is 5.56 Å². The summed E-state index contributed by atoms with van der Waals surface area (Å²) in [6, 6.07) is 17.2. The molecule has 4 aromatic rings. The second-order valence-electron chi connectivity index (χ2n) is 5.72. The molecule has 5 nitrogen and oxygen atoms in total. The van der Waals surface area contributed by atoms with Crippen LogP contribution in [0.1, 0.15) is 4.88 Å². The largest absolute Gasteiger partial charge is 0.366 e. The number of hydrogen-bond donors (Lipinski definition) is 3. The molecule has 0 fully saturated rings. The van der Waals surface area contributed by atoms with Crippen molar-refractivity contribution in [1.82, 2.24) is 15.2 Å². The summed E-state index contributed by atoms with van der Waals surface area (Å²) in [7, 11) is 0. The van der Waals surface area contributed by atoms with Crippen molar-refractivity contribution in [2.75, 3.05) is 5.32 Å². The van der Waals surface area contributed by atoms with Crippen LogP contribution in [0.15, 0.2) is 65.6 Å². The first-order valence-corrected chi connectivity index (χ1v) is 9.20. The maximum atomic E-state index is 12.2. The third-order valence-corrected chi connectivity index (χ3v) is 5.17. The molecular formula is C19H15ClN4OS. The van der Waals surface area contributed by atoms with Crippen molar-refractivity contribution in [3.05, 3.63) is 80.4 Å². The fraction of sp³-hybridized carbons (Fsp3) is 0.0526. The molecule has 4 rings (SSSR count). The highest BCUT2D eigenvalue weighted by atomic mass is 35.5. The van der Waals surface area contributed by atoms with E-state index in [1.165, 1.54) is 0 Å². The summed E-state index contributed by atoms with van der Waals surface area (Å²) >= 11 is 7.49. The highest BCUT2D eigenvalue weighted by Gasteiger charge is 2.09. The highest BCUT2D eigenvalue weighted by Crippen LogP contribution is 2.25. The number of anilines is 1. The Balaban J connectivity index is 1.56. The van der Waals surface area contributed by atoms with Crippen molar-refractivity contribution < 1.29 is 0 Å². The zero-order chi connectivity index (χ0) is 17.9. The van der Waals surface area contributed by atoms with Gasteiger partial charge < -0.3 is 10.3 Å². The summed E-state index contributed by atoms with van der Waals surface area (Å²) in [6.07, 6.45) is 1.67. The van der Waals surface area contributed by atoms with E-state index in [1.54, 1.807) is 17.5 Å². The Hall–Kier alpha value is -2.83. The van der Waals surface area contributed by atoms with E-state index in [4.69, 9.17) is 11.6 Å². The van der Waals surface area contributed by atoms with Gasteiger partial charge in [-0.2, -0.15) is 5.10 Å². The molecule has 0 saturated carbocycles. The minimum Gasteiger partial charge on any atom is -0.366 e. The summed E-state index contributed by atoms with van der Waals surface area (Å²) in [5.74, 6) is 0.803. The van der Waals surface area contributed by atoms with Gasteiger partial charge in [0.25, 0.3) is 5.56 Å². The maximum Gasteiger partial charge on any atom is 0.255 e. The molecule has 0 amide bonds. The van der Waals surface area contributed by atoms with Gasteiger partial charge in [0.05, 0.1) is 16.6 Å². The molecule has 3 heterocycles. The zero-order valence-electron chi connectivity index (χ0n) is 13.6. The molecule has 3 aromatic heterocycles. The van der Waals surface area contributed by atoms with Gasteiger partial charge in [-0.05, 0) is 23.8 Å². The molecule has 0 spiro atoms. The number of nitrogens with one attached hydrogen (secondary N) is 3. The normalized spacial score (nSPS) is 10.8. The predicted octanol–water partition coefficient (Wildman–Crippen LogP) is 4.76. The van der Waals surface area contributed by atoms with Crippen LogP contribution in [-0.4, -0.2) is 15.2 Å². The Morgan fingerprint density at radius 1 is 1.08 bits per heavy atom. The molecular weight excluding hydrogens is 368 g/mol. The van der Waals surface area contributed by atoms with E-state index >= 15 is 0 Å². The Morgan fingerprint density at radius 2 is 1.92 bits per heavy atom. The summed E-state index contributed by atoms with van der Waals surface area (Å²) in [4.78, 5) is 16.1. The van der Waals surface area contributed by atoms with Gasteiger partial charge in [0, 0.05) is 28.3 Å². The number of aromatic nitrogens is 3. The lowest BCUT2D eigenvalue weighted by atomic mass is 10.0. The van der Waals surface area contributed by atoms with Crippen molar-refractivity contribution in [1.29, 1.82) is 0 Å². The number of hydrogen-bond acceptors (Lipinski definition) is 4. The lowest BCUT2D eigenvalue weighted by Gasteiger charge is -2.03. The number of nitrogens with zero attached hydrogens (tertiary/aromatic N) is 1. The third-order valence-electron chi connectivity index (χ3n) is 3.94. The minimum absolute atomic E-state index is 0.122. The standard InChI is InChI=1S/C19H15ClN4OS/c20-17-7-6-14(26-17)11-21-18-9-16(23-24-18)13-8-15(19(25)22-10-13)12-4-2-1-3-5-12/h1-10H,11H2,(H,22,25)(H2,21,23,24). The average Bonchev–Trinajstić information content (AvgIpc) is 3.30. The fourth-order valence-electron chi connectivity index (χ4n) is 2.65. The van der Waals surface area contributed by atoms with E-state index < -0.39 is 0 Å². The average molecular weight is 383 g/mol. The number of rotatable bonds is 5. The van der Waals surface area contributed by atoms with E-state index in [9.17, 15) is 4.79 Å². The Labute approximate surface area is 158 Å². The lowest BCUT2D eigenvalue weighted by Crippen LogP contribution is -2.08. The number of benzene rings is 1. The Morgan fingerprint density at radius 3 is 2.69 bits per heavy atom. The maximum absolute atomic E-state index is 12.2. The molecule has 0 radical (unpaired) electrons. The molecule has 3 N–H and O–H groups in total. The highest BCUT2D eigenvalue weighted by molar-refractivity contribution is 7.16. The van der Waals surface area contributed by atoms with E-state index in [0.29, 0.717) is 12.1 Å². The predicted molar refractivity (Wildman–Crippen MR) is 107 cm³/mol. The van der Waals surface area contributed by atoms with Gasteiger partial charge in [0.1, 0.15) is 5.82 Å². The van der Waals surface area contributed by atoms with Gasteiger partial charge in [0.15, 0.2) is 0 Å². The van der Waals surface area contributed by atoms with Crippen LogP contribution >= 0.6 is 22.9 Å². The van der Waals surface area contributed by atoms with Crippen LogP contribution < -0.4 is 10.9 Å². The number of pyridine rings is 1. The molecule has 26 heavy (non-hydrogen) atoms.